The molecule has 4 aromatic rings. The maximum Gasteiger partial charge on any atom is 0.324 e. The maximum absolute atomic E-state index is 15.0. The van der Waals surface area contributed by atoms with Crippen LogP contribution in [0.25, 0.3) is 33.3 Å². The Bertz CT molecular complexity index is 2680. The second kappa shape index (κ2) is 19.1. The Hall–Kier alpha value is -5.18. The van der Waals surface area contributed by atoms with Gasteiger partial charge >= 0.3 is 5.97 Å². The zero-order chi connectivity index (χ0) is 49.2. The van der Waals surface area contributed by atoms with Gasteiger partial charge in [-0.15, -0.1) is 0 Å². The summed E-state index contributed by atoms with van der Waals surface area (Å²) in [6.07, 6.45) is 7.83. The van der Waals surface area contributed by atoms with Crippen LogP contribution in [0.15, 0.2) is 54.7 Å². The minimum atomic E-state index is -1.02. The number of nitrogens with zero attached hydrogens (tertiary/aromatic N) is 5. The van der Waals surface area contributed by atoms with Crippen molar-refractivity contribution in [1.82, 2.24) is 40.4 Å². The molecule has 6 bridgehead atoms. The number of carbonyl (C=O) groups excluding carboxylic acids is 4. The molecule has 7 heterocycles. The van der Waals surface area contributed by atoms with E-state index in [0.29, 0.717) is 68.5 Å². The molecular weight excluding hydrogens is 884 g/mol. The number of aromatic nitrogens is 2. The van der Waals surface area contributed by atoms with Crippen LogP contribution in [0.4, 0.5) is 4.39 Å². The number of pyridine rings is 1. The predicted octanol–water partition coefficient (Wildman–Crippen LogP) is 7.33. The number of nitrogens with one attached hydrogen (secondary N) is 3. The van der Waals surface area contributed by atoms with Crippen molar-refractivity contribution in [2.75, 3.05) is 39.3 Å². The summed E-state index contributed by atoms with van der Waals surface area (Å²) in [5.74, 6) is -0.0629. The van der Waals surface area contributed by atoms with E-state index in [9.17, 15) is 19.2 Å². The highest BCUT2D eigenvalue weighted by Gasteiger charge is 2.55. The van der Waals surface area contributed by atoms with E-state index in [4.69, 9.17) is 9.72 Å². The lowest BCUT2D eigenvalue weighted by atomic mass is 9.83. The molecule has 374 valence electrons. The molecule has 70 heavy (non-hydrogen) atoms. The zero-order valence-electron chi connectivity index (χ0n) is 42.3. The highest BCUT2D eigenvalue weighted by Crippen LogP contribution is 2.45. The minimum absolute atomic E-state index is 0.0479. The topological polar surface area (TPSA) is 151 Å². The number of carbonyl (C=O) groups is 4. The van der Waals surface area contributed by atoms with Crippen LogP contribution in [0, 0.1) is 22.7 Å². The fourth-order valence-electron chi connectivity index (χ4n) is 12.5. The van der Waals surface area contributed by atoms with E-state index in [0.717, 1.165) is 70.5 Å². The van der Waals surface area contributed by atoms with Gasteiger partial charge in [-0.2, -0.15) is 0 Å². The number of rotatable bonds is 10. The largest absolute Gasteiger partial charge is 0.464 e. The third-order valence-electron chi connectivity index (χ3n) is 16.2. The Labute approximate surface area is 412 Å². The first kappa shape index (κ1) is 48.4. The molecule has 3 amide bonds. The molecule has 14 heteroatoms. The number of cyclic esters (lactones) is 1. The van der Waals surface area contributed by atoms with Crippen molar-refractivity contribution >= 4 is 34.6 Å². The van der Waals surface area contributed by atoms with E-state index >= 15 is 4.39 Å². The number of fused-ring (bicyclic) bond motifs is 6. The van der Waals surface area contributed by atoms with Gasteiger partial charge in [-0.3, -0.25) is 39.4 Å². The van der Waals surface area contributed by atoms with Gasteiger partial charge in [-0.25, -0.2) is 9.82 Å². The van der Waals surface area contributed by atoms with Gasteiger partial charge in [0.05, 0.1) is 24.0 Å². The molecule has 3 N–H and O–H groups in total. The first-order valence-electron chi connectivity index (χ1n) is 26.2. The molecule has 1 aliphatic carbocycles. The number of ether oxygens (including phenoxy) is 1. The van der Waals surface area contributed by atoms with Crippen LogP contribution in [0.3, 0.4) is 0 Å². The molecule has 1 saturated carbocycles. The molecule has 1 spiro atoms. The number of benzene rings is 2. The van der Waals surface area contributed by atoms with Crippen molar-refractivity contribution < 1.29 is 28.3 Å². The number of hydrogen-bond acceptors (Lipinski definition) is 9. The maximum atomic E-state index is 15.0. The van der Waals surface area contributed by atoms with Crippen LogP contribution in [-0.4, -0.2) is 118 Å². The third kappa shape index (κ3) is 9.52. The number of alkyl halides is 1. The summed E-state index contributed by atoms with van der Waals surface area (Å²) in [5, 5.41) is 9.21. The van der Waals surface area contributed by atoms with Gasteiger partial charge in [0.1, 0.15) is 24.8 Å². The lowest BCUT2D eigenvalue weighted by Gasteiger charge is -2.37. The number of amides is 3. The highest BCUT2D eigenvalue weighted by atomic mass is 19.1. The molecule has 6 aliphatic rings. The van der Waals surface area contributed by atoms with Crippen molar-refractivity contribution in [2.45, 2.75) is 149 Å². The summed E-state index contributed by atoms with van der Waals surface area (Å²) >= 11 is 0. The van der Waals surface area contributed by atoms with E-state index in [1.807, 2.05) is 43.1 Å². The van der Waals surface area contributed by atoms with E-state index < -0.39 is 36.2 Å². The van der Waals surface area contributed by atoms with Crippen molar-refractivity contribution in [3.05, 3.63) is 77.1 Å². The average molecular weight is 957 g/mol. The highest BCUT2D eigenvalue weighted by molar-refractivity contribution is 5.96. The summed E-state index contributed by atoms with van der Waals surface area (Å²) in [7, 11) is 0. The minimum Gasteiger partial charge on any atom is -0.464 e. The standard InChI is InChI=1S/C56H73FN8O5/c1-8-64-45-16-15-38-27-41(45)42(50(64)40-11-9-19-58-46(40)33(2)3)28-55(6,7)32-70-54(69)43-12-10-20-65(61-43)52(67)44(26-35-23-36(29-57)25-39(38)24-35)59-51(66)49(34(4)5)62-21-17-56(30-62)18-22-63(31-56)53(68)48-47(60-48)37-13-14-37/h9,11,15-16,19,23-25,27,33-34,37,43-44,47-49,60-61H,8,10,12-14,17-18,20-22,26,28-32H2,1-7H3,(H,59,66)/t43-,44-,47+,48+,49-,56-/m0/s1. The molecule has 0 unspecified atom stereocenters. The summed E-state index contributed by atoms with van der Waals surface area (Å²) in [6, 6.07) is 14.3. The van der Waals surface area contributed by atoms with Crippen LogP contribution >= 0.6 is 0 Å². The Morgan fingerprint density at radius 1 is 0.971 bits per heavy atom. The number of hydrazine groups is 1. The molecule has 2 aromatic heterocycles. The Balaban J connectivity index is 0.991. The normalized spacial score (nSPS) is 26.5. The van der Waals surface area contributed by atoms with E-state index in [1.165, 1.54) is 17.9 Å². The number of aryl methyl sites for hydroxylation is 1. The van der Waals surface area contributed by atoms with E-state index in [1.54, 1.807) is 6.07 Å². The second-order valence-corrected chi connectivity index (χ2v) is 23.0. The van der Waals surface area contributed by atoms with Crippen molar-refractivity contribution in [3.63, 3.8) is 0 Å². The van der Waals surface area contributed by atoms with Crippen LogP contribution < -0.4 is 16.1 Å². The molecule has 2 aromatic carbocycles. The fraction of sp³-hybridized carbons (Fsp3) is 0.589. The van der Waals surface area contributed by atoms with Crippen molar-refractivity contribution in [1.29, 1.82) is 0 Å². The molecule has 0 radical (unpaired) electrons. The van der Waals surface area contributed by atoms with Gasteiger partial charge in [-0.1, -0.05) is 59.7 Å². The Kier molecular flexibility index (Phi) is 13.2. The van der Waals surface area contributed by atoms with Gasteiger partial charge in [-0.05, 0) is 134 Å². The summed E-state index contributed by atoms with van der Waals surface area (Å²) in [5.41, 5.74) is 10.9. The number of hydrogen-bond donors (Lipinski definition) is 3. The monoisotopic (exact) mass is 957 g/mol. The number of likely N-dealkylation sites (tertiary alicyclic amines) is 2. The molecule has 10 rings (SSSR count). The van der Waals surface area contributed by atoms with Crippen LogP contribution in [0.1, 0.15) is 115 Å². The summed E-state index contributed by atoms with van der Waals surface area (Å²) < 4.78 is 23.6. The summed E-state index contributed by atoms with van der Waals surface area (Å²) in [4.78, 5) is 66.6. The smallest absolute Gasteiger partial charge is 0.324 e. The predicted molar refractivity (Wildman–Crippen MR) is 269 cm³/mol. The quantitative estimate of drug-likeness (QED) is 0.110. The molecule has 4 saturated heterocycles. The number of halogens is 1. The average Bonchev–Trinajstić information content (AvgIpc) is 4.25. The third-order valence-corrected chi connectivity index (χ3v) is 16.2. The lowest BCUT2D eigenvalue weighted by Crippen LogP contribution is -2.62. The first-order valence-corrected chi connectivity index (χ1v) is 26.2. The molecule has 13 nitrogen and oxygen atoms in total. The second-order valence-electron chi connectivity index (χ2n) is 23.0. The molecular formula is C56H73FN8O5. The fourth-order valence-corrected chi connectivity index (χ4v) is 12.5. The lowest BCUT2D eigenvalue weighted by molar-refractivity contribution is -0.155. The van der Waals surface area contributed by atoms with Crippen molar-refractivity contribution in [2.24, 2.45) is 22.7 Å². The SMILES string of the molecule is CCn1c(-c2cccnc2C(C)C)c2c3cc(ccc31)-c1cc(CF)cc(c1)C[C@H](NC(=O)[C@H](C(C)C)N1CC[C@]3(CCN(C(=O)[C@@H]4N[C@@H]4C4CC4)C3)C1)C(=O)N1CCC[C@H](N1)C(=O)OCC(C)(C)C2. The number of esters is 1. The van der Waals surface area contributed by atoms with Crippen LogP contribution in [0.5, 0.6) is 0 Å². The molecule has 5 aliphatic heterocycles. The Morgan fingerprint density at radius 2 is 1.77 bits per heavy atom. The van der Waals surface area contributed by atoms with Gasteiger partial charge in [0.25, 0.3) is 5.91 Å². The van der Waals surface area contributed by atoms with E-state index in [-0.39, 0.29) is 54.0 Å². The van der Waals surface area contributed by atoms with Gasteiger partial charge in [0.15, 0.2) is 0 Å². The molecule has 6 atom stereocenters. The Morgan fingerprint density at radius 3 is 2.51 bits per heavy atom. The van der Waals surface area contributed by atoms with Gasteiger partial charge in [0, 0.05) is 78.7 Å². The van der Waals surface area contributed by atoms with Crippen LogP contribution in [-0.2, 0) is 50.0 Å². The van der Waals surface area contributed by atoms with Crippen LogP contribution in [0.2, 0.25) is 0 Å². The van der Waals surface area contributed by atoms with Gasteiger partial charge in [0.2, 0.25) is 11.8 Å². The van der Waals surface area contributed by atoms with E-state index in [2.05, 4.69) is 84.4 Å². The first-order chi connectivity index (χ1) is 33.6. The van der Waals surface area contributed by atoms with Gasteiger partial charge < -0.3 is 19.5 Å². The molecule has 5 fully saturated rings. The van der Waals surface area contributed by atoms with Crippen molar-refractivity contribution in [3.8, 4) is 22.4 Å². The summed E-state index contributed by atoms with van der Waals surface area (Å²) in [6.45, 7) is 18.2. The zero-order valence-corrected chi connectivity index (χ0v) is 42.3.